The van der Waals surface area contributed by atoms with Crippen LogP contribution in [0.25, 0.3) is 0 Å². The zero-order valence-electron chi connectivity index (χ0n) is 15.8. The highest BCUT2D eigenvalue weighted by molar-refractivity contribution is 5.78. The van der Waals surface area contributed by atoms with Crippen molar-refractivity contribution in [3.63, 3.8) is 0 Å². The van der Waals surface area contributed by atoms with E-state index in [1.807, 2.05) is 29.0 Å². The smallest absolute Gasteiger partial charge is 0.317 e. The van der Waals surface area contributed by atoms with Gasteiger partial charge in [-0.2, -0.15) is 0 Å². The molecule has 6 nitrogen and oxygen atoms in total. The normalized spacial score (nSPS) is 22.9. The number of likely N-dealkylation sites (tertiary alicyclic amines) is 2. The number of carbonyl (C=O) groups is 2. The highest BCUT2D eigenvalue weighted by Gasteiger charge is 2.39. The molecule has 0 saturated carbocycles. The van der Waals surface area contributed by atoms with Crippen LogP contribution < -0.4 is 10.6 Å². The van der Waals surface area contributed by atoms with Crippen molar-refractivity contribution in [2.75, 3.05) is 33.2 Å². The van der Waals surface area contributed by atoms with Crippen molar-refractivity contribution in [1.82, 2.24) is 20.4 Å². The van der Waals surface area contributed by atoms with E-state index in [-0.39, 0.29) is 18.0 Å². The van der Waals surface area contributed by atoms with Gasteiger partial charge in [0.15, 0.2) is 0 Å². The number of carbonyl (C=O) groups excluding carboxylic acids is 2. The van der Waals surface area contributed by atoms with Gasteiger partial charge in [-0.1, -0.05) is 29.8 Å². The van der Waals surface area contributed by atoms with E-state index >= 15 is 0 Å². The maximum absolute atomic E-state index is 12.6. The summed E-state index contributed by atoms with van der Waals surface area (Å²) in [7, 11) is 1.91. The molecule has 2 fully saturated rings. The van der Waals surface area contributed by atoms with E-state index in [4.69, 9.17) is 0 Å². The second-order valence-corrected chi connectivity index (χ2v) is 7.44. The van der Waals surface area contributed by atoms with Gasteiger partial charge in [0.1, 0.15) is 0 Å². The summed E-state index contributed by atoms with van der Waals surface area (Å²) < 4.78 is 0. The number of hydrogen-bond acceptors (Lipinski definition) is 3. The minimum Gasteiger partial charge on any atom is -0.338 e. The Labute approximate surface area is 155 Å². The maximum Gasteiger partial charge on any atom is 0.317 e. The summed E-state index contributed by atoms with van der Waals surface area (Å²) in [6.07, 6.45) is 2.36. The van der Waals surface area contributed by atoms with Crippen LogP contribution >= 0.6 is 0 Å². The Balaban J connectivity index is 1.53. The summed E-state index contributed by atoms with van der Waals surface area (Å²) in [6.45, 7) is 5.64. The zero-order valence-corrected chi connectivity index (χ0v) is 15.8. The van der Waals surface area contributed by atoms with E-state index in [1.165, 1.54) is 5.56 Å². The first-order chi connectivity index (χ1) is 12.6. The molecule has 2 aliphatic rings. The van der Waals surface area contributed by atoms with Crippen LogP contribution in [0.1, 0.15) is 30.4 Å². The molecule has 1 aromatic carbocycles. The van der Waals surface area contributed by atoms with Crippen molar-refractivity contribution in [3.05, 3.63) is 35.4 Å². The summed E-state index contributed by atoms with van der Waals surface area (Å²) in [5.74, 6) is 0.655. The Morgan fingerprint density at radius 2 is 2.00 bits per heavy atom. The molecule has 2 saturated heterocycles. The molecule has 2 aliphatic heterocycles. The topological polar surface area (TPSA) is 64.7 Å². The Morgan fingerprint density at radius 3 is 2.73 bits per heavy atom. The molecule has 2 N–H and O–H groups in total. The fourth-order valence-electron chi connectivity index (χ4n) is 4.05. The van der Waals surface area contributed by atoms with Crippen LogP contribution in [0.2, 0.25) is 0 Å². The van der Waals surface area contributed by atoms with Crippen molar-refractivity contribution in [2.45, 2.75) is 38.8 Å². The Hall–Kier alpha value is -2.08. The standard InChI is InChI=1S/C20H30N4O2/c1-15-3-5-16(6-4-15)13-22-20(26)23-11-9-18-17(14-23)7-8-19(25)24(18)12-10-21-2/h3-6,17-18,21H,7-14H2,1-2H3,(H,22,26)/t17-,18+/m0/s1. The molecule has 0 spiro atoms. The largest absolute Gasteiger partial charge is 0.338 e. The number of amides is 3. The Bertz CT molecular complexity index is 631. The van der Waals surface area contributed by atoms with Crippen molar-refractivity contribution in [1.29, 1.82) is 0 Å². The van der Waals surface area contributed by atoms with Crippen LogP contribution in [-0.4, -0.2) is 61.0 Å². The fraction of sp³-hybridized carbons (Fsp3) is 0.600. The van der Waals surface area contributed by atoms with Gasteiger partial charge in [0, 0.05) is 45.2 Å². The van der Waals surface area contributed by atoms with E-state index in [0.29, 0.717) is 25.4 Å². The molecule has 2 atom stereocenters. The minimum atomic E-state index is 0.00250. The monoisotopic (exact) mass is 358 g/mol. The van der Waals surface area contributed by atoms with Gasteiger partial charge in [0.05, 0.1) is 0 Å². The van der Waals surface area contributed by atoms with Gasteiger partial charge >= 0.3 is 6.03 Å². The molecule has 0 bridgehead atoms. The third-order valence-corrected chi connectivity index (χ3v) is 5.60. The number of piperidine rings is 2. The molecule has 0 radical (unpaired) electrons. The molecular formula is C20H30N4O2. The third kappa shape index (κ3) is 4.36. The van der Waals surface area contributed by atoms with Crippen molar-refractivity contribution in [2.24, 2.45) is 5.92 Å². The Morgan fingerprint density at radius 1 is 1.23 bits per heavy atom. The minimum absolute atomic E-state index is 0.00250. The van der Waals surface area contributed by atoms with E-state index in [2.05, 4.69) is 29.7 Å². The van der Waals surface area contributed by atoms with Crippen LogP contribution in [0.3, 0.4) is 0 Å². The average Bonchev–Trinajstić information content (AvgIpc) is 2.66. The molecule has 3 amide bonds. The zero-order chi connectivity index (χ0) is 18.5. The van der Waals surface area contributed by atoms with Gasteiger partial charge in [0.2, 0.25) is 5.91 Å². The molecule has 3 rings (SSSR count). The molecule has 1 aromatic rings. The van der Waals surface area contributed by atoms with Crippen molar-refractivity contribution in [3.8, 4) is 0 Å². The second-order valence-electron chi connectivity index (χ2n) is 7.44. The molecular weight excluding hydrogens is 328 g/mol. The van der Waals surface area contributed by atoms with E-state index in [0.717, 1.165) is 38.0 Å². The highest BCUT2D eigenvalue weighted by Crippen LogP contribution is 2.31. The molecule has 0 aromatic heterocycles. The van der Waals surface area contributed by atoms with Crippen molar-refractivity contribution < 1.29 is 9.59 Å². The lowest BCUT2D eigenvalue weighted by Gasteiger charge is -2.47. The van der Waals surface area contributed by atoms with Crippen LogP contribution in [0.5, 0.6) is 0 Å². The molecule has 26 heavy (non-hydrogen) atoms. The van der Waals surface area contributed by atoms with Crippen LogP contribution in [0.4, 0.5) is 4.79 Å². The molecule has 0 unspecified atom stereocenters. The number of benzene rings is 1. The fourth-order valence-corrected chi connectivity index (χ4v) is 4.05. The number of likely N-dealkylation sites (N-methyl/N-ethyl adjacent to an activating group) is 1. The number of rotatable bonds is 5. The van der Waals surface area contributed by atoms with Gasteiger partial charge in [-0.25, -0.2) is 4.79 Å². The van der Waals surface area contributed by atoms with E-state index < -0.39 is 0 Å². The quantitative estimate of drug-likeness (QED) is 0.843. The molecule has 142 valence electrons. The first-order valence-corrected chi connectivity index (χ1v) is 9.61. The van der Waals surface area contributed by atoms with E-state index in [9.17, 15) is 9.59 Å². The summed E-state index contributed by atoms with van der Waals surface area (Å²) in [5, 5.41) is 6.16. The molecule has 6 heteroatoms. The lowest BCUT2D eigenvalue weighted by molar-refractivity contribution is -0.140. The number of fused-ring (bicyclic) bond motifs is 1. The Kier molecular flexibility index (Phi) is 6.14. The lowest BCUT2D eigenvalue weighted by atomic mass is 9.83. The number of aryl methyl sites for hydroxylation is 1. The SMILES string of the molecule is CNCCN1C(=O)CC[C@H]2CN(C(=O)NCc3ccc(C)cc3)CC[C@H]21. The number of hydrogen-bond donors (Lipinski definition) is 2. The third-order valence-electron chi connectivity index (χ3n) is 5.60. The first-order valence-electron chi connectivity index (χ1n) is 9.61. The lowest BCUT2D eigenvalue weighted by Crippen LogP contribution is -2.58. The maximum atomic E-state index is 12.6. The van der Waals surface area contributed by atoms with Gasteiger partial charge in [0.25, 0.3) is 0 Å². The molecule has 2 heterocycles. The predicted octanol–water partition coefficient (Wildman–Crippen LogP) is 1.74. The summed E-state index contributed by atoms with van der Waals surface area (Å²) in [6, 6.07) is 8.51. The second kappa shape index (κ2) is 8.54. The van der Waals surface area contributed by atoms with Crippen LogP contribution in [0.15, 0.2) is 24.3 Å². The summed E-state index contributed by atoms with van der Waals surface area (Å²) in [4.78, 5) is 28.8. The van der Waals surface area contributed by atoms with Gasteiger partial charge in [-0.05, 0) is 38.3 Å². The highest BCUT2D eigenvalue weighted by atomic mass is 16.2. The predicted molar refractivity (Wildman–Crippen MR) is 102 cm³/mol. The summed E-state index contributed by atoms with van der Waals surface area (Å²) >= 11 is 0. The number of nitrogens with zero attached hydrogens (tertiary/aromatic N) is 2. The number of nitrogens with one attached hydrogen (secondary N) is 2. The van der Waals surface area contributed by atoms with Gasteiger partial charge in [-0.3, -0.25) is 4.79 Å². The molecule has 0 aliphatic carbocycles. The number of urea groups is 1. The van der Waals surface area contributed by atoms with Crippen molar-refractivity contribution >= 4 is 11.9 Å². The van der Waals surface area contributed by atoms with Gasteiger partial charge < -0.3 is 20.4 Å². The average molecular weight is 358 g/mol. The van der Waals surface area contributed by atoms with E-state index in [1.54, 1.807) is 0 Å². The van der Waals surface area contributed by atoms with Crippen LogP contribution in [-0.2, 0) is 11.3 Å². The van der Waals surface area contributed by atoms with Crippen LogP contribution in [0, 0.1) is 12.8 Å². The van der Waals surface area contributed by atoms with Gasteiger partial charge in [-0.15, -0.1) is 0 Å². The summed E-state index contributed by atoms with van der Waals surface area (Å²) in [5.41, 5.74) is 2.33. The first kappa shape index (κ1) is 18.7.